The fourth-order valence-electron chi connectivity index (χ4n) is 2.12. The summed E-state index contributed by atoms with van der Waals surface area (Å²) in [6.07, 6.45) is 0.983. The van der Waals surface area contributed by atoms with Crippen molar-refractivity contribution in [2.45, 2.75) is 19.4 Å². The van der Waals surface area contributed by atoms with Crippen molar-refractivity contribution in [1.29, 1.82) is 0 Å². The monoisotopic (exact) mass is 389 g/mol. The number of rotatable bonds is 5. The van der Waals surface area contributed by atoms with Gasteiger partial charge in [0.25, 0.3) is 0 Å². The average Bonchev–Trinajstić information content (AvgIpc) is 2.46. The number of nitrogens with one attached hydrogen (secondary N) is 1. The minimum atomic E-state index is -0.287. The zero-order valence-corrected chi connectivity index (χ0v) is 14.6. The van der Waals surface area contributed by atoms with Crippen molar-refractivity contribution in [3.05, 3.63) is 67.9 Å². The van der Waals surface area contributed by atoms with E-state index in [1.807, 2.05) is 6.07 Å². The second-order valence-electron chi connectivity index (χ2n) is 4.73. The van der Waals surface area contributed by atoms with Gasteiger partial charge in [-0.15, -0.1) is 0 Å². The third-order valence-corrected chi connectivity index (χ3v) is 4.33. The van der Waals surface area contributed by atoms with E-state index in [9.17, 15) is 4.39 Å². The molecule has 0 spiro atoms. The number of halogens is 4. The fourth-order valence-corrected chi connectivity index (χ4v) is 2.93. The summed E-state index contributed by atoms with van der Waals surface area (Å²) < 4.78 is 13.9. The standard InChI is InChI=1S/C16H15BrCl2FN/c1-2-7-21-16(10-3-6-15(20)13(17)8-10)12-9-11(18)4-5-14(12)19/h3-6,8-9,16,21H,2,7H2,1H3. The largest absolute Gasteiger partial charge is 0.306 e. The molecular weight excluding hydrogens is 376 g/mol. The highest BCUT2D eigenvalue weighted by molar-refractivity contribution is 9.10. The third kappa shape index (κ3) is 4.19. The predicted octanol–water partition coefficient (Wildman–Crippen LogP) is 5.98. The quantitative estimate of drug-likeness (QED) is 0.661. The molecule has 0 aliphatic carbocycles. The van der Waals surface area contributed by atoms with E-state index in [1.54, 1.807) is 24.3 Å². The molecule has 2 aromatic rings. The molecule has 1 N–H and O–H groups in total. The molecule has 0 heterocycles. The van der Waals surface area contributed by atoms with Gasteiger partial charge in [0.1, 0.15) is 5.82 Å². The molecule has 1 atom stereocenters. The lowest BCUT2D eigenvalue weighted by Crippen LogP contribution is -2.23. The molecule has 0 aliphatic rings. The van der Waals surface area contributed by atoms with Gasteiger partial charge in [-0.2, -0.15) is 0 Å². The van der Waals surface area contributed by atoms with Crippen LogP contribution in [0.25, 0.3) is 0 Å². The molecule has 2 aromatic carbocycles. The van der Waals surface area contributed by atoms with E-state index in [0.29, 0.717) is 14.5 Å². The molecular formula is C16H15BrCl2FN. The molecule has 5 heteroatoms. The SMILES string of the molecule is CCCNC(c1ccc(F)c(Br)c1)c1cc(Cl)ccc1Cl. The van der Waals surface area contributed by atoms with Crippen molar-refractivity contribution in [3.8, 4) is 0 Å². The fraction of sp³-hybridized carbons (Fsp3) is 0.250. The van der Waals surface area contributed by atoms with Gasteiger partial charge in [-0.3, -0.25) is 0 Å². The highest BCUT2D eigenvalue weighted by Crippen LogP contribution is 2.32. The van der Waals surface area contributed by atoms with E-state index in [0.717, 1.165) is 24.1 Å². The molecule has 21 heavy (non-hydrogen) atoms. The molecule has 1 unspecified atom stereocenters. The van der Waals surface area contributed by atoms with Crippen LogP contribution in [0.3, 0.4) is 0 Å². The Hall–Kier alpha value is -0.610. The van der Waals surface area contributed by atoms with E-state index in [2.05, 4.69) is 28.2 Å². The zero-order chi connectivity index (χ0) is 15.4. The molecule has 0 saturated heterocycles. The van der Waals surface area contributed by atoms with E-state index in [1.165, 1.54) is 6.07 Å². The summed E-state index contributed by atoms with van der Waals surface area (Å²) in [5.41, 5.74) is 1.82. The Morgan fingerprint density at radius 1 is 1.19 bits per heavy atom. The van der Waals surface area contributed by atoms with Crippen LogP contribution in [0.5, 0.6) is 0 Å². The van der Waals surface area contributed by atoms with Crippen LogP contribution < -0.4 is 5.32 Å². The summed E-state index contributed by atoms with van der Waals surface area (Å²) in [7, 11) is 0. The molecule has 1 nitrogen and oxygen atoms in total. The maximum atomic E-state index is 13.4. The normalized spacial score (nSPS) is 12.4. The second kappa shape index (κ2) is 7.59. The summed E-state index contributed by atoms with van der Waals surface area (Å²) in [6.45, 7) is 2.91. The molecule has 0 aliphatic heterocycles. The van der Waals surface area contributed by atoms with Crippen LogP contribution in [0.2, 0.25) is 10.0 Å². The van der Waals surface area contributed by atoms with Crippen LogP contribution in [0, 0.1) is 5.82 Å². The molecule has 0 fully saturated rings. The van der Waals surface area contributed by atoms with E-state index in [-0.39, 0.29) is 11.9 Å². The van der Waals surface area contributed by atoms with Gasteiger partial charge in [-0.25, -0.2) is 4.39 Å². The second-order valence-corrected chi connectivity index (χ2v) is 6.42. The number of benzene rings is 2. The lowest BCUT2D eigenvalue weighted by atomic mass is 9.98. The lowest BCUT2D eigenvalue weighted by Gasteiger charge is -2.21. The Balaban J connectivity index is 2.46. The number of hydrogen-bond donors (Lipinski definition) is 1. The third-order valence-electron chi connectivity index (χ3n) is 3.14. The Morgan fingerprint density at radius 2 is 1.95 bits per heavy atom. The predicted molar refractivity (Wildman–Crippen MR) is 90.7 cm³/mol. The first-order valence-electron chi connectivity index (χ1n) is 6.66. The Kier molecular flexibility index (Phi) is 6.06. The minimum Gasteiger partial charge on any atom is -0.306 e. The van der Waals surface area contributed by atoms with Crippen molar-refractivity contribution in [1.82, 2.24) is 5.32 Å². The van der Waals surface area contributed by atoms with Gasteiger partial charge in [0.05, 0.1) is 10.5 Å². The highest BCUT2D eigenvalue weighted by atomic mass is 79.9. The molecule has 0 aromatic heterocycles. The van der Waals surface area contributed by atoms with Gasteiger partial charge in [-0.05, 0) is 70.4 Å². The summed E-state index contributed by atoms with van der Waals surface area (Å²) in [4.78, 5) is 0. The Morgan fingerprint density at radius 3 is 2.62 bits per heavy atom. The van der Waals surface area contributed by atoms with Crippen molar-refractivity contribution >= 4 is 39.1 Å². The van der Waals surface area contributed by atoms with Gasteiger partial charge >= 0.3 is 0 Å². The van der Waals surface area contributed by atoms with E-state index >= 15 is 0 Å². The van der Waals surface area contributed by atoms with Crippen LogP contribution in [-0.4, -0.2) is 6.54 Å². The van der Waals surface area contributed by atoms with Gasteiger partial charge in [0.2, 0.25) is 0 Å². The Bertz CT molecular complexity index is 634. The molecule has 112 valence electrons. The Labute approximate surface area is 142 Å². The summed E-state index contributed by atoms with van der Waals surface area (Å²) in [5, 5.41) is 4.69. The first-order chi connectivity index (χ1) is 10.0. The average molecular weight is 391 g/mol. The maximum Gasteiger partial charge on any atom is 0.137 e. The van der Waals surface area contributed by atoms with E-state index in [4.69, 9.17) is 23.2 Å². The number of hydrogen-bond acceptors (Lipinski definition) is 1. The van der Waals surface area contributed by atoms with Crippen molar-refractivity contribution in [2.75, 3.05) is 6.54 Å². The lowest BCUT2D eigenvalue weighted by molar-refractivity contribution is 0.591. The topological polar surface area (TPSA) is 12.0 Å². The smallest absolute Gasteiger partial charge is 0.137 e. The van der Waals surface area contributed by atoms with Gasteiger partial charge in [0, 0.05) is 10.0 Å². The summed E-state index contributed by atoms with van der Waals surface area (Å²) in [6, 6.07) is 10.2. The van der Waals surface area contributed by atoms with Gasteiger partial charge in [0.15, 0.2) is 0 Å². The van der Waals surface area contributed by atoms with Gasteiger partial charge < -0.3 is 5.32 Å². The van der Waals surface area contributed by atoms with Crippen molar-refractivity contribution in [2.24, 2.45) is 0 Å². The molecule has 0 radical (unpaired) electrons. The maximum absolute atomic E-state index is 13.4. The summed E-state index contributed by atoms with van der Waals surface area (Å²) >= 11 is 15.6. The van der Waals surface area contributed by atoms with Crippen LogP contribution in [0.15, 0.2) is 40.9 Å². The molecule has 0 amide bonds. The van der Waals surface area contributed by atoms with Crippen LogP contribution >= 0.6 is 39.1 Å². The summed E-state index contributed by atoms with van der Waals surface area (Å²) in [5.74, 6) is -0.287. The molecule has 0 saturated carbocycles. The highest BCUT2D eigenvalue weighted by Gasteiger charge is 2.18. The van der Waals surface area contributed by atoms with Crippen LogP contribution in [-0.2, 0) is 0 Å². The van der Waals surface area contributed by atoms with Gasteiger partial charge in [-0.1, -0.05) is 36.2 Å². The molecule has 0 bridgehead atoms. The van der Waals surface area contributed by atoms with E-state index < -0.39 is 0 Å². The first-order valence-corrected chi connectivity index (χ1v) is 8.21. The van der Waals surface area contributed by atoms with Crippen LogP contribution in [0.1, 0.15) is 30.5 Å². The first kappa shape index (κ1) is 16.8. The molecule has 2 rings (SSSR count). The van der Waals surface area contributed by atoms with Crippen molar-refractivity contribution < 1.29 is 4.39 Å². The zero-order valence-electron chi connectivity index (χ0n) is 11.5. The minimum absolute atomic E-state index is 0.131. The van der Waals surface area contributed by atoms with Crippen LogP contribution in [0.4, 0.5) is 4.39 Å². The van der Waals surface area contributed by atoms with Crippen molar-refractivity contribution in [3.63, 3.8) is 0 Å².